The number of aryl methyl sites for hydroxylation is 1. The van der Waals surface area contributed by atoms with Gasteiger partial charge in [0.2, 0.25) is 0 Å². The van der Waals surface area contributed by atoms with E-state index in [-0.39, 0.29) is 0 Å². The minimum Gasteiger partial charge on any atom is -0.329 e. The Morgan fingerprint density at radius 2 is 2.21 bits per heavy atom. The van der Waals surface area contributed by atoms with Crippen LogP contribution in [0.25, 0.3) is 0 Å². The van der Waals surface area contributed by atoms with Gasteiger partial charge in [0.1, 0.15) is 0 Å². The zero-order chi connectivity index (χ0) is 14.0. The second kappa shape index (κ2) is 6.49. The fourth-order valence-electron chi connectivity index (χ4n) is 2.85. The normalized spacial score (nSPS) is 26.4. The molecule has 3 atom stereocenters. The van der Waals surface area contributed by atoms with Crippen molar-refractivity contribution < 1.29 is 0 Å². The lowest BCUT2D eigenvalue weighted by Gasteiger charge is -2.42. The molecule has 1 aromatic rings. The highest BCUT2D eigenvalue weighted by molar-refractivity contribution is 8.00. The summed E-state index contributed by atoms with van der Waals surface area (Å²) < 4.78 is 0. The van der Waals surface area contributed by atoms with Gasteiger partial charge in [0.05, 0.1) is 0 Å². The Morgan fingerprint density at radius 1 is 1.47 bits per heavy atom. The maximum Gasteiger partial charge on any atom is 0.0476 e. The Kier molecular flexibility index (Phi) is 5.18. The monoisotopic (exact) mass is 298 g/mol. The van der Waals surface area contributed by atoms with Crippen molar-refractivity contribution in [2.24, 2.45) is 5.73 Å². The van der Waals surface area contributed by atoms with Gasteiger partial charge in [-0.15, -0.1) is 0 Å². The van der Waals surface area contributed by atoms with Gasteiger partial charge in [-0.1, -0.05) is 24.6 Å². The predicted octanol–water partition coefficient (Wildman–Crippen LogP) is 3.47. The fourth-order valence-corrected chi connectivity index (χ4v) is 4.20. The maximum atomic E-state index is 6.07. The average Bonchev–Trinajstić information content (AvgIpc) is 2.37. The fraction of sp³-hybridized carbons (Fsp3) is 0.600. The summed E-state index contributed by atoms with van der Waals surface area (Å²) in [6.07, 6.45) is 0. The molecule has 1 aromatic carbocycles. The van der Waals surface area contributed by atoms with Crippen molar-refractivity contribution in [1.82, 2.24) is 4.90 Å². The molecule has 0 radical (unpaired) electrons. The van der Waals surface area contributed by atoms with Gasteiger partial charge in [-0.2, -0.15) is 11.8 Å². The van der Waals surface area contributed by atoms with Crippen LogP contribution in [0.5, 0.6) is 0 Å². The van der Waals surface area contributed by atoms with Crippen molar-refractivity contribution >= 4 is 23.4 Å². The topological polar surface area (TPSA) is 29.3 Å². The molecule has 1 saturated heterocycles. The Bertz CT molecular complexity index is 438. The highest BCUT2D eigenvalue weighted by Crippen LogP contribution is 2.33. The van der Waals surface area contributed by atoms with E-state index in [1.807, 2.05) is 12.1 Å². The number of thioether (sulfide) groups is 1. The van der Waals surface area contributed by atoms with Crippen LogP contribution in [0.3, 0.4) is 0 Å². The van der Waals surface area contributed by atoms with Crippen LogP contribution in [0.15, 0.2) is 18.2 Å². The molecule has 0 saturated carbocycles. The molecule has 0 aliphatic carbocycles. The summed E-state index contributed by atoms with van der Waals surface area (Å²) in [5, 5.41) is 1.46. The molecule has 2 rings (SSSR count). The molecule has 0 aromatic heterocycles. The van der Waals surface area contributed by atoms with Gasteiger partial charge < -0.3 is 5.73 Å². The number of nitrogens with two attached hydrogens (primary N) is 1. The van der Waals surface area contributed by atoms with Crippen LogP contribution in [-0.4, -0.2) is 35.0 Å². The molecule has 0 spiro atoms. The van der Waals surface area contributed by atoms with Crippen LogP contribution in [0.4, 0.5) is 0 Å². The highest BCUT2D eigenvalue weighted by Gasteiger charge is 2.31. The summed E-state index contributed by atoms with van der Waals surface area (Å²) in [5.41, 5.74) is 8.62. The van der Waals surface area contributed by atoms with E-state index in [0.717, 1.165) is 11.6 Å². The first-order valence-corrected chi connectivity index (χ1v) is 8.30. The van der Waals surface area contributed by atoms with E-state index in [4.69, 9.17) is 17.3 Å². The Balaban J connectivity index is 2.28. The molecule has 1 aliphatic rings. The molecule has 19 heavy (non-hydrogen) atoms. The van der Waals surface area contributed by atoms with Crippen LogP contribution in [0.2, 0.25) is 5.02 Å². The molecular formula is C15H23ClN2S. The van der Waals surface area contributed by atoms with E-state index in [1.165, 1.54) is 16.9 Å². The van der Waals surface area contributed by atoms with E-state index in [1.54, 1.807) is 0 Å². The first-order chi connectivity index (χ1) is 9.04. The maximum absolute atomic E-state index is 6.07. The third kappa shape index (κ3) is 3.27. The Labute approximate surface area is 125 Å². The molecule has 2 nitrogen and oxygen atoms in total. The van der Waals surface area contributed by atoms with E-state index in [9.17, 15) is 0 Å². The molecular weight excluding hydrogens is 276 g/mol. The first-order valence-electron chi connectivity index (χ1n) is 6.88. The van der Waals surface area contributed by atoms with Crippen molar-refractivity contribution in [3.05, 3.63) is 34.3 Å². The van der Waals surface area contributed by atoms with Gasteiger partial charge in [0.25, 0.3) is 0 Å². The molecule has 0 bridgehead atoms. The molecule has 4 heteroatoms. The van der Waals surface area contributed by atoms with Gasteiger partial charge in [-0.05, 0) is 37.1 Å². The van der Waals surface area contributed by atoms with Crippen LogP contribution in [0.1, 0.15) is 31.0 Å². The van der Waals surface area contributed by atoms with Crippen molar-refractivity contribution in [2.45, 2.75) is 38.1 Å². The molecule has 2 N–H and O–H groups in total. The molecule has 3 unspecified atom stereocenters. The quantitative estimate of drug-likeness (QED) is 0.926. The van der Waals surface area contributed by atoms with Crippen LogP contribution in [0, 0.1) is 6.92 Å². The second-order valence-electron chi connectivity index (χ2n) is 5.31. The Morgan fingerprint density at radius 3 is 2.84 bits per heavy atom. The van der Waals surface area contributed by atoms with E-state index < -0.39 is 0 Å². The number of hydrogen-bond acceptors (Lipinski definition) is 3. The standard InChI is InChI=1S/C15H23ClN2S/c1-10-8-13(16)4-5-14(10)15(9-17)18-6-7-19-12(3)11(18)2/h4-5,8,11-12,15H,6-7,9,17H2,1-3H3. The van der Waals surface area contributed by atoms with E-state index >= 15 is 0 Å². The van der Waals surface area contributed by atoms with Gasteiger partial charge in [-0.3, -0.25) is 4.90 Å². The smallest absolute Gasteiger partial charge is 0.0476 e. The second-order valence-corrected chi connectivity index (χ2v) is 7.23. The zero-order valence-corrected chi connectivity index (χ0v) is 13.5. The molecule has 0 amide bonds. The highest BCUT2D eigenvalue weighted by atomic mass is 35.5. The first kappa shape index (κ1) is 15.2. The number of benzene rings is 1. The minimum absolute atomic E-state index is 0.301. The zero-order valence-electron chi connectivity index (χ0n) is 11.9. The number of rotatable bonds is 3. The number of hydrogen-bond donors (Lipinski definition) is 1. The molecule has 1 heterocycles. The van der Waals surface area contributed by atoms with Crippen molar-refractivity contribution in [1.29, 1.82) is 0 Å². The molecule has 1 fully saturated rings. The van der Waals surface area contributed by atoms with Crippen molar-refractivity contribution in [2.75, 3.05) is 18.8 Å². The van der Waals surface area contributed by atoms with Gasteiger partial charge in [0, 0.05) is 41.2 Å². The summed E-state index contributed by atoms with van der Waals surface area (Å²) in [4.78, 5) is 2.55. The lowest BCUT2D eigenvalue weighted by Crippen LogP contribution is -2.48. The summed E-state index contributed by atoms with van der Waals surface area (Å²) in [6.45, 7) is 8.51. The summed E-state index contributed by atoms with van der Waals surface area (Å²) in [7, 11) is 0. The van der Waals surface area contributed by atoms with Gasteiger partial charge in [0.15, 0.2) is 0 Å². The average molecular weight is 299 g/mol. The third-order valence-electron chi connectivity index (χ3n) is 4.15. The largest absolute Gasteiger partial charge is 0.329 e. The van der Waals surface area contributed by atoms with E-state index in [0.29, 0.717) is 23.9 Å². The van der Waals surface area contributed by atoms with Crippen molar-refractivity contribution in [3.8, 4) is 0 Å². The molecule has 106 valence electrons. The lowest BCUT2D eigenvalue weighted by molar-refractivity contribution is 0.150. The van der Waals surface area contributed by atoms with Gasteiger partial charge in [-0.25, -0.2) is 0 Å². The predicted molar refractivity (Wildman–Crippen MR) is 86.1 cm³/mol. The van der Waals surface area contributed by atoms with Gasteiger partial charge >= 0.3 is 0 Å². The summed E-state index contributed by atoms with van der Waals surface area (Å²) in [6, 6.07) is 7.00. The minimum atomic E-state index is 0.301. The van der Waals surface area contributed by atoms with E-state index in [2.05, 4.69) is 43.5 Å². The van der Waals surface area contributed by atoms with Crippen LogP contribution >= 0.6 is 23.4 Å². The number of halogens is 1. The van der Waals surface area contributed by atoms with Crippen molar-refractivity contribution in [3.63, 3.8) is 0 Å². The van der Waals surface area contributed by atoms with Crippen LogP contribution in [-0.2, 0) is 0 Å². The SMILES string of the molecule is Cc1cc(Cl)ccc1C(CN)N1CCSC(C)C1C. The van der Waals surface area contributed by atoms with Crippen LogP contribution < -0.4 is 5.73 Å². The summed E-state index contributed by atoms with van der Waals surface area (Å²) in [5.74, 6) is 1.19. The Hall–Kier alpha value is -0.220. The summed E-state index contributed by atoms with van der Waals surface area (Å²) >= 11 is 8.11. The lowest BCUT2D eigenvalue weighted by atomic mass is 9.98. The molecule has 1 aliphatic heterocycles. The third-order valence-corrected chi connectivity index (χ3v) is 5.72. The number of nitrogens with zero attached hydrogens (tertiary/aromatic N) is 1.